The summed E-state index contributed by atoms with van der Waals surface area (Å²) in [5, 5.41) is 8.11. The van der Waals surface area contributed by atoms with Gasteiger partial charge in [0, 0.05) is 18.2 Å². The van der Waals surface area contributed by atoms with Crippen LogP contribution in [0.2, 0.25) is 0 Å². The lowest BCUT2D eigenvalue weighted by atomic mass is 10.1. The van der Waals surface area contributed by atoms with Crippen LogP contribution in [0.1, 0.15) is 18.5 Å². The molecule has 0 saturated heterocycles. The van der Waals surface area contributed by atoms with Crippen LogP contribution in [-0.4, -0.2) is 29.9 Å². The van der Waals surface area contributed by atoms with E-state index < -0.39 is 20.0 Å². The summed E-state index contributed by atoms with van der Waals surface area (Å²) in [4.78, 5) is 0. The van der Waals surface area contributed by atoms with Gasteiger partial charge in [-0.1, -0.05) is 6.92 Å². The molecule has 1 aromatic heterocycles. The van der Waals surface area contributed by atoms with Gasteiger partial charge in [-0.25, -0.2) is 26.7 Å². The monoisotopic (exact) mass is 311 g/mol. The van der Waals surface area contributed by atoms with E-state index in [1.807, 2.05) is 6.92 Å². The van der Waals surface area contributed by atoms with Gasteiger partial charge in [-0.15, -0.1) is 11.3 Å². The topological polar surface area (TPSA) is 118 Å². The Bertz CT molecular complexity index is 662. The van der Waals surface area contributed by atoms with Gasteiger partial charge in [-0.2, -0.15) is 0 Å². The van der Waals surface area contributed by atoms with E-state index in [9.17, 15) is 16.8 Å². The fraction of sp³-hybridized carbons (Fsp3) is 0.500. The second kappa shape index (κ2) is 4.54. The Balaban J connectivity index is 2.60. The molecule has 1 atom stereocenters. The molecule has 18 heavy (non-hydrogen) atoms. The molecule has 0 aromatic carbocycles. The number of likely N-dealkylation sites (N-methyl/N-ethyl adjacent to an activating group) is 1. The summed E-state index contributed by atoms with van der Waals surface area (Å²) < 4.78 is 48.4. The number of fused-ring (bicyclic) bond motifs is 1. The van der Waals surface area contributed by atoms with Crippen molar-refractivity contribution in [3.8, 4) is 0 Å². The summed E-state index contributed by atoms with van der Waals surface area (Å²) in [6.45, 7) is 2.73. The predicted molar refractivity (Wildman–Crippen MR) is 67.3 cm³/mol. The first-order valence-corrected chi connectivity index (χ1v) is 9.00. The van der Waals surface area contributed by atoms with E-state index in [0.29, 0.717) is 23.4 Å². The van der Waals surface area contributed by atoms with Crippen LogP contribution in [0.15, 0.2) is 14.5 Å². The normalized spacial score (nSPS) is 22.7. The lowest BCUT2D eigenvalue weighted by Crippen LogP contribution is -2.39. The van der Waals surface area contributed by atoms with E-state index >= 15 is 0 Å². The summed E-state index contributed by atoms with van der Waals surface area (Å²) >= 11 is 0.675. The highest BCUT2D eigenvalue weighted by molar-refractivity contribution is 7.94. The molecular weight excluding hydrogens is 298 g/mol. The Morgan fingerprint density at radius 3 is 2.83 bits per heavy atom. The quantitative estimate of drug-likeness (QED) is 0.684. The SMILES string of the molecule is CCNC1CNS(=O)(=O)c2sc(S(N)(=O)=O)cc21. The van der Waals surface area contributed by atoms with Gasteiger partial charge in [0.15, 0.2) is 0 Å². The molecule has 1 aliphatic rings. The zero-order valence-electron chi connectivity index (χ0n) is 9.50. The third-order valence-electron chi connectivity index (χ3n) is 2.53. The number of rotatable bonds is 3. The third kappa shape index (κ3) is 2.44. The van der Waals surface area contributed by atoms with Crippen LogP contribution in [0.3, 0.4) is 0 Å². The van der Waals surface area contributed by atoms with Crippen molar-refractivity contribution in [1.29, 1.82) is 0 Å². The van der Waals surface area contributed by atoms with Crippen molar-refractivity contribution in [3.05, 3.63) is 11.6 Å². The van der Waals surface area contributed by atoms with Gasteiger partial charge in [0.2, 0.25) is 20.0 Å². The van der Waals surface area contributed by atoms with E-state index in [1.165, 1.54) is 6.07 Å². The Kier molecular flexibility index (Phi) is 3.51. The zero-order valence-corrected chi connectivity index (χ0v) is 12.0. The molecule has 7 nitrogen and oxygen atoms in total. The molecule has 2 heterocycles. The minimum absolute atomic E-state index is 0.0173. The van der Waals surface area contributed by atoms with Crippen LogP contribution >= 0.6 is 11.3 Å². The Labute approximate surface area is 109 Å². The number of sulfonamides is 2. The summed E-state index contributed by atoms with van der Waals surface area (Å²) in [7, 11) is -7.51. The van der Waals surface area contributed by atoms with Crippen molar-refractivity contribution in [2.45, 2.75) is 21.4 Å². The average molecular weight is 311 g/mol. The molecule has 0 aliphatic carbocycles. The van der Waals surface area contributed by atoms with Gasteiger partial charge >= 0.3 is 0 Å². The van der Waals surface area contributed by atoms with Gasteiger partial charge in [-0.05, 0) is 12.6 Å². The molecule has 2 rings (SSSR count). The Hall–Kier alpha value is -0.520. The van der Waals surface area contributed by atoms with Crippen LogP contribution in [-0.2, 0) is 20.0 Å². The van der Waals surface area contributed by atoms with Gasteiger partial charge in [0.25, 0.3) is 0 Å². The molecule has 1 aromatic rings. The van der Waals surface area contributed by atoms with Crippen molar-refractivity contribution in [1.82, 2.24) is 10.0 Å². The maximum atomic E-state index is 11.8. The molecule has 0 saturated carbocycles. The van der Waals surface area contributed by atoms with Crippen LogP contribution in [0.4, 0.5) is 0 Å². The second-order valence-corrected chi connectivity index (χ2v) is 8.62. The maximum Gasteiger partial charge on any atom is 0.250 e. The first-order chi connectivity index (χ1) is 8.25. The van der Waals surface area contributed by atoms with E-state index in [1.54, 1.807) is 0 Å². The van der Waals surface area contributed by atoms with Crippen LogP contribution in [0, 0.1) is 0 Å². The lowest BCUT2D eigenvalue weighted by molar-refractivity contribution is 0.505. The van der Waals surface area contributed by atoms with Gasteiger partial charge in [0.05, 0.1) is 0 Å². The molecule has 10 heteroatoms. The van der Waals surface area contributed by atoms with E-state index in [4.69, 9.17) is 5.14 Å². The smallest absolute Gasteiger partial charge is 0.250 e. The molecule has 102 valence electrons. The Morgan fingerprint density at radius 2 is 2.28 bits per heavy atom. The summed E-state index contributed by atoms with van der Waals surface area (Å²) in [5.74, 6) is 0. The molecule has 0 bridgehead atoms. The van der Waals surface area contributed by atoms with E-state index in [0.717, 1.165) is 0 Å². The molecule has 0 fully saturated rings. The fourth-order valence-electron chi connectivity index (χ4n) is 1.76. The van der Waals surface area contributed by atoms with Crippen LogP contribution < -0.4 is 15.2 Å². The summed E-state index contributed by atoms with van der Waals surface area (Å²) in [6.07, 6.45) is 0. The molecule has 1 aliphatic heterocycles. The largest absolute Gasteiger partial charge is 0.309 e. The predicted octanol–water partition coefficient (Wildman–Crippen LogP) is -0.662. The highest BCUT2D eigenvalue weighted by atomic mass is 32.3. The van der Waals surface area contributed by atoms with Crippen LogP contribution in [0.5, 0.6) is 0 Å². The number of nitrogens with two attached hydrogens (primary N) is 1. The Morgan fingerprint density at radius 1 is 1.61 bits per heavy atom. The maximum absolute atomic E-state index is 11.8. The molecular formula is C8H13N3O4S3. The molecule has 0 radical (unpaired) electrons. The van der Waals surface area contributed by atoms with Crippen molar-refractivity contribution >= 4 is 31.4 Å². The summed E-state index contributed by atoms with van der Waals surface area (Å²) in [5.41, 5.74) is 0.463. The highest BCUT2D eigenvalue weighted by Gasteiger charge is 2.33. The molecule has 1 unspecified atom stereocenters. The third-order valence-corrected chi connectivity index (χ3v) is 7.07. The first-order valence-electron chi connectivity index (χ1n) is 5.15. The number of thiophene rings is 1. The molecule has 0 amide bonds. The van der Waals surface area contributed by atoms with Gasteiger partial charge in [-0.3, -0.25) is 0 Å². The summed E-state index contributed by atoms with van der Waals surface area (Å²) in [6, 6.07) is 1.10. The van der Waals surface area contributed by atoms with Gasteiger partial charge in [0.1, 0.15) is 8.42 Å². The minimum Gasteiger partial charge on any atom is -0.309 e. The van der Waals surface area contributed by atoms with Crippen LogP contribution in [0.25, 0.3) is 0 Å². The number of hydrogen-bond donors (Lipinski definition) is 3. The second-order valence-electron chi connectivity index (χ2n) is 3.82. The zero-order chi connectivity index (χ0) is 13.6. The highest BCUT2D eigenvalue weighted by Crippen LogP contribution is 2.36. The van der Waals surface area contributed by atoms with Crippen molar-refractivity contribution in [2.24, 2.45) is 5.14 Å². The number of nitrogens with one attached hydrogen (secondary N) is 2. The number of primary sulfonamides is 1. The van der Waals surface area contributed by atoms with Crippen molar-refractivity contribution in [2.75, 3.05) is 13.1 Å². The lowest BCUT2D eigenvalue weighted by Gasteiger charge is -2.23. The number of hydrogen-bond acceptors (Lipinski definition) is 6. The standard InChI is InChI=1S/C8H13N3O4S3/c1-2-10-6-4-11-18(14,15)8-5(6)3-7(16-8)17(9,12)13/h3,6,10-11H,2,4H2,1H3,(H2,9,12,13). The van der Waals surface area contributed by atoms with Crippen molar-refractivity contribution < 1.29 is 16.8 Å². The fourth-order valence-corrected chi connectivity index (χ4v) is 5.52. The van der Waals surface area contributed by atoms with Crippen molar-refractivity contribution in [3.63, 3.8) is 0 Å². The molecule has 4 N–H and O–H groups in total. The average Bonchev–Trinajstić information content (AvgIpc) is 2.68. The minimum atomic E-state index is -3.89. The van der Waals surface area contributed by atoms with E-state index in [-0.39, 0.29) is 21.0 Å². The first kappa shape index (κ1) is 13.9. The van der Waals surface area contributed by atoms with Gasteiger partial charge < -0.3 is 5.32 Å². The van der Waals surface area contributed by atoms with E-state index in [2.05, 4.69) is 10.0 Å². The molecule has 0 spiro atoms.